The molecule has 1 aromatic heterocycles. The molecule has 1 saturated carbocycles. The summed E-state index contributed by atoms with van der Waals surface area (Å²) in [5.41, 5.74) is 6.06. The van der Waals surface area contributed by atoms with Gasteiger partial charge < -0.3 is 15.5 Å². The van der Waals surface area contributed by atoms with Crippen LogP contribution in [0, 0.1) is 20.8 Å². The minimum Gasteiger partial charge on any atom is -0.353 e. The van der Waals surface area contributed by atoms with E-state index < -0.39 is 0 Å². The summed E-state index contributed by atoms with van der Waals surface area (Å²) in [7, 11) is 4.14. The molecule has 0 saturated heterocycles. The van der Waals surface area contributed by atoms with Crippen LogP contribution in [0.5, 0.6) is 0 Å². The lowest BCUT2D eigenvalue weighted by molar-refractivity contribution is 0.425. The Morgan fingerprint density at radius 3 is 2.32 bits per heavy atom. The van der Waals surface area contributed by atoms with Crippen LogP contribution in [0.25, 0.3) is 0 Å². The fourth-order valence-electron chi connectivity index (χ4n) is 3.09. The van der Waals surface area contributed by atoms with E-state index in [4.69, 9.17) is 4.98 Å². The lowest BCUT2D eigenvalue weighted by Gasteiger charge is -2.16. The number of benzene rings is 1. The molecule has 5 heteroatoms. The van der Waals surface area contributed by atoms with E-state index in [1.807, 2.05) is 0 Å². The maximum Gasteiger partial charge on any atom is 0.224 e. The standard InChI is InChI=1S/C20H29N5/c1-13-10-14(2)19(15(3)11-13)23-18-12-17(16-6-7-16)22-20(24-18)21-8-9-25(4)5/h10-12,16H,6-9H2,1-5H3,(H2,21,22,23,24). The van der Waals surface area contributed by atoms with Crippen LogP contribution in [-0.4, -0.2) is 42.1 Å². The van der Waals surface area contributed by atoms with Gasteiger partial charge in [0.1, 0.15) is 5.82 Å². The van der Waals surface area contributed by atoms with E-state index in [9.17, 15) is 0 Å². The minimum atomic E-state index is 0.596. The molecular weight excluding hydrogens is 310 g/mol. The Morgan fingerprint density at radius 1 is 1.04 bits per heavy atom. The van der Waals surface area contributed by atoms with Gasteiger partial charge in [0.15, 0.2) is 0 Å². The van der Waals surface area contributed by atoms with Crippen molar-refractivity contribution in [2.45, 2.75) is 39.5 Å². The second kappa shape index (κ2) is 7.40. The summed E-state index contributed by atoms with van der Waals surface area (Å²) in [5, 5.41) is 6.89. The molecule has 0 bridgehead atoms. The van der Waals surface area contributed by atoms with Crippen LogP contribution < -0.4 is 10.6 Å². The van der Waals surface area contributed by atoms with Gasteiger partial charge in [-0.3, -0.25) is 0 Å². The van der Waals surface area contributed by atoms with Crippen molar-refractivity contribution in [3.63, 3.8) is 0 Å². The SMILES string of the molecule is Cc1cc(C)c(Nc2cc(C3CC3)nc(NCCN(C)C)n2)c(C)c1. The third-order valence-corrected chi connectivity index (χ3v) is 4.51. The Morgan fingerprint density at radius 2 is 1.72 bits per heavy atom. The van der Waals surface area contributed by atoms with Gasteiger partial charge in [-0.15, -0.1) is 0 Å². The number of aromatic nitrogens is 2. The maximum absolute atomic E-state index is 4.71. The number of nitrogens with one attached hydrogen (secondary N) is 2. The minimum absolute atomic E-state index is 0.596. The summed E-state index contributed by atoms with van der Waals surface area (Å²) in [4.78, 5) is 11.5. The first kappa shape index (κ1) is 17.7. The molecule has 5 nitrogen and oxygen atoms in total. The molecule has 25 heavy (non-hydrogen) atoms. The van der Waals surface area contributed by atoms with E-state index in [-0.39, 0.29) is 0 Å². The predicted molar refractivity (Wildman–Crippen MR) is 105 cm³/mol. The number of hydrogen-bond acceptors (Lipinski definition) is 5. The van der Waals surface area contributed by atoms with Gasteiger partial charge in [0, 0.05) is 30.8 Å². The van der Waals surface area contributed by atoms with Crippen molar-refractivity contribution in [3.8, 4) is 0 Å². The highest BCUT2D eigenvalue weighted by molar-refractivity contribution is 5.66. The summed E-state index contributed by atoms with van der Waals surface area (Å²) in [6, 6.07) is 6.51. The first-order valence-corrected chi connectivity index (χ1v) is 9.05. The third kappa shape index (κ3) is 4.69. The molecule has 2 aromatic rings. The van der Waals surface area contributed by atoms with Crippen LogP contribution in [0.2, 0.25) is 0 Å². The molecule has 134 valence electrons. The van der Waals surface area contributed by atoms with Gasteiger partial charge in [-0.05, 0) is 58.8 Å². The molecule has 2 N–H and O–H groups in total. The summed E-state index contributed by atoms with van der Waals surface area (Å²) in [6.07, 6.45) is 2.46. The lowest BCUT2D eigenvalue weighted by Crippen LogP contribution is -2.21. The molecule has 0 spiro atoms. The molecule has 0 radical (unpaired) electrons. The van der Waals surface area contributed by atoms with E-state index >= 15 is 0 Å². The van der Waals surface area contributed by atoms with E-state index in [1.54, 1.807) is 0 Å². The summed E-state index contributed by atoms with van der Waals surface area (Å²) >= 11 is 0. The number of hydrogen-bond donors (Lipinski definition) is 2. The summed E-state index contributed by atoms with van der Waals surface area (Å²) < 4.78 is 0. The van der Waals surface area contributed by atoms with Crippen LogP contribution >= 0.6 is 0 Å². The highest BCUT2D eigenvalue weighted by atomic mass is 15.2. The number of likely N-dealkylation sites (N-methyl/N-ethyl adjacent to an activating group) is 1. The summed E-state index contributed by atoms with van der Waals surface area (Å²) in [6.45, 7) is 8.20. The molecule has 1 aromatic carbocycles. The molecule has 1 aliphatic rings. The van der Waals surface area contributed by atoms with Gasteiger partial charge in [0.2, 0.25) is 5.95 Å². The Bertz CT molecular complexity index is 727. The normalized spacial score (nSPS) is 14.0. The third-order valence-electron chi connectivity index (χ3n) is 4.51. The topological polar surface area (TPSA) is 53.1 Å². The Labute approximate surface area is 150 Å². The van der Waals surface area contributed by atoms with E-state index in [0.29, 0.717) is 5.92 Å². The van der Waals surface area contributed by atoms with Crippen molar-refractivity contribution >= 4 is 17.5 Å². The van der Waals surface area contributed by atoms with Crippen LogP contribution in [0.15, 0.2) is 18.2 Å². The van der Waals surface area contributed by atoms with Crippen molar-refractivity contribution in [1.82, 2.24) is 14.9 Å². The number of nitrogens with zero attached hydrogens (tertiary/aromatic N) is 3. The fourth-order valence-corrected chi connectivity index (χ4v) is 3.09. The molecule has 1 heterocycles. The first-order chi connectivity index (χ1) is 11.9. The second-order valence-corrected chi connectivity index (χ2v) is 7.40. The highest BCUT2D eigenvalue weighted by Gasteiger charge is 2.26. The van der Waals surface area contributed by atoms with Gasteiger partial charge in [0.05, 0.1) is 5.69 Å². The Kier molecular flexibility index (Phi) is 5.23. The van der Waals surface area contributed by atoms with Gasteiger partial charge in [-0.25, -0.2) is 4.98 Å². The monoisotopic (exact) mass is 339 g/mol. The quantitative estimate of drug-likeness (QED) is 0.799. The zero-order valence-corrected chi connectivity index (χ0v) is 16.0. The second-order valence-electron chi connectivity index (χ2n) is 7.40. The number of rotatable bonds is 7. The van der Waals surface area contributed by atoms with E-state index in [1.165, 1.54) is 29.5 Å². The highest BCUT2D eigenvalue weighted by Crippen LogP contribution is 2.40. The number of anilines is 3. The average molecular weight is 339 g/mol. The van der Waals surface area contributed by atoms with Gasteiger partial charge >= 0.3 is 0 Å². The first-order valence-electron chi connectivity index (χ1n) is 9.05. The predicted octanol–water partition coefficient (Wildman–Crippen LogP) is 4.00. The fraction of sp³-hybridized carbons (Fsp3) is 0.500. The van der Waals surface area contributed by atoms with Crippen molar-refractivity contribution in [3.05, 3.63) is 40.6 Å². The Balaban J connectivity index is 1.84. The van der Waals surface area contributed by atoms with E-state index in [0.717, 1.165) is 36.2 Å². The number of aryl methyl sites for hydroxylation is 3. The van der Waals surface area contributed by atoms with Crippen LogP contribution in [0.1, 0.15) is 41.1 Å². The van der Waals surface area contributed by atoms with Crippen molar-refractivity contribution in [2.24, 2.45) is 0 Å². The largest absolute Gasteiger partial charge is 0.353 e. The smallest absolute Gasteiger partial charge is 0.224 e. The lowest BCUT2D eigenvalue weighted by atomic mass is 10.1. The molecule has 0 amide bonds. The molecule has 1 fully saturated rings. The molecule has 0 atom stereocenters. The van der Waals surface area contributed by atoms with Crippen LogP contribution in [0.3, 0.4) is 0 Å². The van der Waals surface area contributed by atoms with E-state index in [2.05, 4.69) is 73.6 Å². The molecular formula is C20H29N5. The van der Waals surface area contributed by atoms with Gasteiger partial charge in [-0.1, -0.05) is 17.7 Å². The van der Waals surface area contributed by atoms with Gasteiger partial charge in [0.25, 0.3) is 0 Å². The molecule has 0 aliphatic heterocycles. The molecule has 0 unspecified atom stereocenters. The maximum atomic E-state index is 4.71. The Hall–Kier alpha value is -2.14. The van der Waals surface area contributed by atoms with Gasteiger partial charge in [-0.2, -0.15) is 4.98 Å². The van der Waals surface area contributed by atoms with Crippen LogP contribution in [-0.2, 0) is 0 Å². The summed E-state index contributed by atoms with van der Waals surface area (Å²) in [5.74, 6) is 2.19. The van der Waals surface area contributed by atoms with Crippen molar-refractivity contribution in [1.29, 1.82) is 0 Å². The zero-order chi connectivity index (χ0) is 18.0. The average Bonchev–Trinajstić information content (AvgIpc) is 3.35. The van der Waals surface area contributed by atoms with Crippen LogP contribution in [0.4, 0.5) is 17.5 Å². The zero-order valence-electron chi connectivity index (χ0n) is 16.0. The molecule has 1 aliphatic carbocycles. The van der Waals surface area contributed by atoms with Crippen molar-refractivity contribution in [2.75, 3.05) is 37.8 Å². The van der Waals surface area contributed by atoms with Crippen molar-refractivity contribution < 1.29 is 0 Å². The molecule has 3 rings (SSSR count).